The molecule has 0 spiro atoms. The molecule has 106 valence electrons. The molecular formula is C15H24N2O2. The van der Waals surface area contributed by atoms with Gasteiger partial charge in [0.2, 0.25) is 0 Å². The summed E-state index contributed by atoms with van der Waals surface area (Å²) in [7, 11) is 5.35. The Hall–Kier alpha value is -1.26. The molecule has 1 aliphatic carbocycles. The van der Waals surface area contributed by atoms with Crippen LogP contribution in [0.25, 0.3) is 0 Å². The van der Waals surface area contributed by atoms with E-state index in [1.54, 1.807) is 14.2 Å². The molecule has 1 unspecified atom stereocenters. The Bertz CT molecular complexity index is 425. The molecular weight excluding hydrogens is 240 g/mol. The zero-order valence-electron chi connectivity index (χ0n) is 12.0. The lowest BCUT2D eigenvalue weighted by atomic mass is 9.62. The highest BCUT2D eigenvalue weighted by molar-refractivity contribution is 5.43. The zero-order chi connectivity index (χ0) is 13.9. The van der Waals surface area contributed by atoms with Crippen LogP contribution in [0.1, 0.15) is 30.9 Å². The first-order chi connectivity index (χ1) is 9.20. The molecule has 1 aromatic carbocycles. The van der Waals surface area contributed by atoms with Crippen LogP contribution >= 0.6 is 0 Å². The molecule has 4 heteroatoms. The lowest BCUT2D eigenvalue weighted by Gasteiger charge is -2.47. The molecule has 1 fully saturated rings. The van der Waals surface area contributed by atoms with Gasteiger partial charge in [0.15, 0.2) is 0 Å². The number of nitrogens with one attached hydrogen (secondary N) is 1. The first kappa shape index (κ1) is 14.2. The van der Waals surface area contributed by atoms with E-state index in [4.69, 9.17) is 15.2 Å². The highest BCUT2D eigenvalue weighted by Crippen LogP contribution is 2.51. The number of nitrogens with two attached hydrogens (primary N) is 1. The fourth-order valence-corrected chi connectivity index (χ4v) is 3.09. The quantitative estimate of drug-likeness (QED) is 0.826. The third-order valence-corrected chi connectivity index (χ3v) is 4.41. The second-order valence-corrected chi connectivity index (χ2v) is 5.25. The van der Waals surface area contributed by atoms with Crippen LogP contribution in [0.2, 0.25) is 0 Å². The van der Waals surface area contributed by atoms with Crippen LogP contribution in [0.15, 0.2) is 18.2 Å². The van der Waals surface area contributed by atoms with Crippen LogP contribution in [0.5, 0.6) is 11.5 Å². The minimum atomic E-state index is 0.163. The summed E-state index contributed by atoms with van der Waals surface area (Å²) in [6, 6.07) is 6.22. The minimum absolute atomic E-state index is 0.163. The minimum Gasteiger partial charge on any atom is -0.497 e. The van der Waals surface area contributed by atoms with Gasteiger partial charge in [0.05, 0.1) is 14.2 Å². The van der Waals surface area contributed by atoms with Crippen molar-refractivity contribution in [2.75, 3.05) is 27.8 Å². The highest BCUT2D eigenvalue weighted by atomic mass is 16.5. The normalized spacial score (nSPS) is 18.5. The topological polar surface area (TPSA) is 56.5 Å². The van der Waals surface area contributed by atoms with Crippen LogP contribution in [-0.2, 0) is 0 Å². The van der Waals surface area contributed by atoms with E-state index in [1.165, 1.54) is 19.3 Å². The molecule has 0 amide bonds. The molecule has 1 saturated carbocycles. The Morgan fingerprint density at radius 3 is 2.47 bits per heavy atom. The van der Waals surface area contributed by atoms with Gasteiger partial charge in [-0.2, -0.15) is 0 Å². The van der Waals surface area contributed by atoms with Crippen LogP contribution in [0.4, 0.5) is 0 Å². The van der Waals surface area contributed by atoms with E-state index >= 15 is 0 Å². The smallest absolute Gasteiger partial charge is 0.127 e. The number of hydrogen-bond acceptors (Lipinski definition) is 4. The van der Waals surface area contributed by atoms with Crippen LogP contribution in [0, 0.1) is 5.41 Å². The third kappa shape index (κ3) is 2.42. The number of hydrogen-bond donors (Lipinski definition) is 2. The molecule has 2 rings (SSSR count). The van der Waals surface area contributed by atoms with E-state index in [0.717, 1.165) is 17.1 Å². The van der Waals surface area contributed by atoms with Gasteiger partial charge in [-0.3, -0.25) is 0 Å². The second-order valence-electron chi connectivity index (χ2n) is 5.25. The molecule has 0 radical (unpaired) electrons. The van der Waals surface area contributed by atoms with Crippen molar-refractivity contribution in [3.05, 3.63) is 23.8 Å². The first-order valence-corrected chi connectivity index (χ1v) is 6.80. The second kappa shape index (κ2) is 5.80. The predicted molar refractivity (Wildman–Crippen MR) is 76.7 cm³/mol. The number of benzene rings is 1. The van der Waals surface area contributed by atoms with Gasteiger partial charge >= 0.3 is 0 Å². The number of ether oxygens (including phenoxy) is 2. The molecule has 1 aromatic rings. The summed E-state index contributed by atoms with van der Waals surface area (Å²) in [5.41, 5.74) is 7.35. The molecule has 1 aliphatic rings. The van der Waals surface area contributed by atoms with E-state index in [1.807, 2.05) is 19.2 Å². The fourth-order valence-electron chi connectivity index (χ4n) is 3.09. The van der Waals surface area contributed by atoms with Crippen molar-refractivity contribution in [2.45, 2.75) is 25.3 Å². The Kier molecular flexibility index (Phi) is 4.32. The summed E-state index contributed by atoms with van der Waals surface area (Å²) in [6.07, 6.45) is 3.60. The van der Waals surface area contributed by atoms with Crippen molar-refractivity contribution in [3.8, 4) is 11.5 Å². The van der Waals surface area contributed by atoms with Crippen molar-refractivity contribution in [1.29, 1.82) is 0 Å². The zero-order valence-corrected chi connectivity index (χ0v) is 12.0. The van der Waals surface area contributed by atoms with Gasteiger partial charge < -0.3 is 20.5 Å². The van der Waals surface area contributed by atoms with Gasteiger partial charge in [-0.15, -0.1) is 0 Å². The Balaban J connectivity index is 2.37. The molecule has 0 bridgehead atoms. The summed E-state index contributed by atoms with van der Waals surface area (Å²) < 4.78 is 10.8. The predicted octanol–water partition coefficient (Wildman–Crippen LogP) is 2.09. The number of rotatable bonds is 6. The summed E-state index contributed by atoms with van der Waals surface area (Å²) >= 11 is 0. The van der Waals surface area contributed by atoms with Crippen molar-refractivity contribution in [2.24, 2.45) is 11.1 Å². The highest BCUT2D eigenvalue weighted by Gasteiger charge is 2.43. The molecule has 1 atom stereocenters. The summed E-state index contributed by atoms with van der Waals surface area (Å²) in [5.74, 6) is 1.67. The average molecular weight is 264 g/mol. The Labute approximate surface area is 115 Å². The van der Waals surface area contributed by atoms with Crippen LogP contribution < -0.4 is 20.5 Å². The first-order valence-electron chi connectivity index (χ1n) is 6.80. The third-order valence-electron chi connectivity index (χ3n) is 4.41. The largest absolute Gasteiger partial charge is 0.497 e. The van der Waals surface area contributed by atoms with E-state index in [-0.39, 0.29) is 11.5 Å². The Morgan fingerprint density at radius 1 is 1.32 bits per heavy atom. The van der Waals surface area contributed by atoms with Crippen LogP contribution in [-0.4, -0.2) is 27.8 Å². The van der Waals surface area contributed by atoms with E-state index < -0.39 is 0 Å². The maximum Gasteiger partial charge on any atom is 0.127 e. The van der Waals surface area contributed by atoms with E-state index in [9.17, 15) is 0 Å². The maximum absolute atomic E-state index is 6.02. The van der Waals surface area contributed by atoms with Gasteiger partial charge in [0.1, 0.15) is 11.5 Å². The monoisotopic (exact) mass is 264 g/mol. The van der Waals surface area contributed by atoms with Gasteiger partial charge in [-0.05, 0) is 32.5 Å². The van der Waals surface area contributed by atoms with Crippen molar-refractivity contribution < 1.29 is 9.47 Å². The maximum atomic E-state index is 6.02. The summed E-state index contributed by atoms with van der Waals surface area (Å²) in [5, 5.41) is 3.42. The lowest BCUT2D eigenvalue weighted by molar-refractivity contribution is 0.0865. The van der Waals surface area contributed by atoms with Crippen molar-refractivity contribution in [1.82, 2.24) is 5.32 Å². The molecule has 0 heterocycles. The van der Waals surface area contributed by atoms with Gasteiger partial charge in [-0.1, -0.05) is 12.5 Å². The SMILES string of the molecule is CNC(c1ccc(OC)cc1OC)C1(CN)CCC1. The van der Waals surface area contributed by atoms with Crippen molar-refractivity contribution in [3.63, 3.8) is 0 Å². The van der Waals surface area contributed by atoms with E-state index in [0.29, 0.717) is 6.54 Å². The van der Waals surface area contributed by atoms with Gasteiger partial charge in [-0.25, -0.2) is 0 Å². The van der Waals surface area contributed by atoms with Crippen molar-refractivity contribution >= 4 is 0 Å². The average Bonchev–Trinajstić information content (AvgIpc) is 2.42. The molecule has 0 aliphatic heterocycles. The fraction of sp³-hybridized carbons (Fsp3) is 0.600. The van der Waals surface area contributed by atoms with Gasteiger partial charge in [0.25, 0.3) is 0 Å². The van der Waals surface area contributed by atoms with Gasteiger partial charge in [0, 0.05) is 23.1 Å². The Morgan fingerprint density at radius 2 is 2.05 bits per heavy atom. The van der Waals surface area contributed by atoms with Crippen LogP contribution in [0.3, 0.4) is 0 Å². The molecule has 19 heavy (non-hydrogen) atoms. The standard InChI is InChI=1S/C15H24N2O2/c1-17-14(15(10-16)7-4-8-15)12-6-5-11(18-2)9-13(12)19-3/h5-6,9,14,17H,4,7-8,10,16H2,1-3H3. The molecule has 3 N–H and O–H groups in total. The summed E-state index contributed by atoms with van der Waals surface area (Å²) in [6.45, 7) is 0.702. The molecule has 0 aromatic heterocycles. The molecule has 4 nitrogen and oxygen atoms in total. The van der Waals surface area contributed by atoms with E-state index in [2.05, 4.69) is 11.4 Å². The summed E-state index contributed by atoms with van der Waals surface area (Å²) in [4.78, 5) is 0. The molecule has 0 saturated heterocycles. The number of methoxy groups -OCH3 is 2. The lowest BCUT2D eigenvalue weighted by Crippen LogP contribution is -2.47.